The third-order valence-corrected chi connectivity index (χ3v) is 6.03. The van der Waals surface area contributed by atoms with E-state index in [9.17, 15) is 4.79 Å². The van der Waals surface area contributed by atoms with Crippen LogP contribution in [0.5, 0.6) is 0 Å². The van der Waals surface area contributed by atoms with Gasteiger partial charge in [0, 0.05) is 23.7 Å². The largest absolute Gasteiger partial charge is 0.369 e. The Morgan fingerprint density at radius 1 is 1.07 bits per heavy atom. The predicted octanol–water partition coefficient (Wildman–Crippen LogP) is 4.77. The van der Waals surface area contributed by atoms with E-state index in [4.69, 9.17) is 16.3 Å². The maximum Gasteiger partial charge on any atom is 0.252 e. The maximum atomic E-state index is 11.9. The van der Waals surface area contributed by atoms with Crippen LogP contribution in [0.3, 0.4) is 0 Å². The van der Waals surface area contributed by atoms with Crippen LogP contribution in [-0.2, 0) is 12.8 Å². The third kappa shape index (κ3) is 4.98. The Bertz CT molecular complexity index is 962. The van der Waals surface area contributed by atoms with Crippen molar-refractivity contribution in [1.82, 2.24) is 0 Å². The smallest absolute Gasteiger partial charge is 0.252 e. The second-order valence-electron chi connectivity index (χ2n) is 6.77. The van der Waals surface area contributed by atoms with Gasteiger partial charge in [-0.2, -0.15) is 10.5 Å². The molecule has 1 amide bonds. The molecular formula is C21H22N6OS. The van der Waals surface area contributed by atoms with Gasteiger partial charge >= 0.3 is 0 Å². The van der Waals surface area contributed by atoms with Crippen molar-refractivity contribution in [3.05, 3.63) is 40.3 Å². The number of nitrogens with zero attached hydrogens (tertiary/aromatic N) is 5. The normalized spacial score (nSPS) is 12.9. The molecule has 1 aliphatic carbocycles. The van der Waals surface area contributed by atoms with Crippen LogP contribution in [0.25, 0.3) is 0 Å². The molecule has 0 spiro atoms. The molecule has 0 bridgehead atoms. The number of anilines is 1. The Hall–Kier alpha value is -3.23. The molecule has 2 N–H and O–H groups in total. The molecule has 0 atom stereocenters. The first-order chi connectivity index (χ1) is 14.1. The number of hydrogen-bond donors (Lipinski definition) is 1. The van der Waals surface area contributed by atoms with Crippen LogP contribution in [0.4, 0.5) is 16.4 Å². The monoisotopic (exact) mass is 406 g/mol. The van der Waals surface area contributed by atoms with Gasteiger partial charge < -0.3 is 10.6 Å². The van der Waals surface area contributed by atoms with Crippen molar-refractivity contribution in [1.29, 1.82) is 10.5 Å². The number of azo groups is 1. The topological polar surface area (TPSA) is 119 Å². The predicted molar refractivity (Wildman–Crippen MR) is 113 cm³/mol. The number of amides is 1. The van der Waals surface area contributed by atoms with E-state index in [1.165, 1.54) is 16.2 Å². The molecule has 8 heteroatoms. The van der Waals surface area contributed by atoms with Crippen molar-refractivity contribution in [2.75, 3.05) is 18.0 Å². The molecule has 1 aromatic carbocycles. The van der Waals surface area contributed by atoms with Gasteiger partial charge in [0.05, 0.1) is 36.2 Å². The number of carbonyl (C=O) groups is 1. The lowest BCUT2D eigenvalue weighted by Gasteiger charge is -2.22. The molecule has 0 aliphatic heterocycles. The van der Waals surface area contributed by atoms with Crippen molar-refractivity contribution in [3.63, 3.8) is 0 Å². The number of benzene rings is 1. The van der Waals surface area contributed by atoms with Gasteiger partial charge in [-0.25, -0.2) is 0 Å². The zero-order valence-electron chi connectivity index (χ0n) is 16.1. The first-order valence-corrected chi connectivity index (χ1v) is 10.4. The quantitative estimate of drug-likeness (QED) is 0.635. The first-order valence-electron chi connectivity index (χ1n) is 9.59. The van der Waals surface area contributed by atoms with Crippen molar-refractivity contribution >= 4 is 33.6 Å². The molecule has 0 fully saturated rings. The summed E-state index contributed by atoms with van der Waals surface area (Å²) in [5, 5.41) is 26.9. The molecule has 1 aromatic heterocycles. The Morgan fingerprint density at radius 3 is 2.34 bits per heavy atom. The molecule has 1 heterocycles. The van der Waals surface area contributed by atoms with Crippen LogP contribution in [0.2, 0.25) is 0 Å². The molecule has 148 valence electrons. The summed E-state index contributed by atoms with van der Waals surface area (Å²) in [7, 11) is 0. The highest BCUT2D eigenvalue weighted by Gasteiger charge is 2.24. The van der Waals surface area contributed by atoms with Crippen molar-refractivity contribution in [3.8, 4) is 12.1 Å². The van der Waals surface area contributed by atoms with E-state index in [1.807, 2.05) is 29.2 Å². The number of nitrogens with two attached hydrogens (primary N) is 1. The number of nitriles is 2. The van der Waals surface area contributed by atoms with Gasteiger partial charge in [0.2, 0.25) is 0 Å². The van der Waals surface area contributed by atoms with E-state index in [1.54, 1.807) is 0 Å². The van der Waals surface area contributed by atoms with Crippen LogP contribution in [-0.4, -0.2) is 19.0 Å². The van der Waals surface area contributed by atoms with E-state index in [0.717, 1.165) is 36.9 Å². The number of aryl methyl sites for hydroxylation is 1. The SMILES string of the molecule is N#CCCN(CCC#N)c1ccc(N=Nc2sc3c(c2C(N)=O)CCCC3)cc1. The van der Waals surface area contributed by atoms with Crippen LogP contribution >= 0.6 is 11.3 Å². The van der Waals surface area contributed by atoms with E-state index in [0.29, 0.717) is 42.2 Å². The van der Waals surface area contributed by atoms with Crippen molar-refractivity contribution < 1.29 is 4.79 Å². The minimum absolute atomic E-state index is 0.395. The summed E-state index contributed by atoms with van der Waals surface area (Å²) in [6.07, 6.45) is 4.81. The van der Waals surface area contributed by atoms with E-state index in [2.05, 4.69) is 22.4 Å². The van der Waals surface area contributed by atoms with Crippen LogP contribution in [0.15, 0.2) is 34.5 Å². The molecule has 0 saturated heterocycles. The number of rotatable bonds is 8. The summed E-state index contributed by atoms with van der Waals surface area (Å²) < 4.78 is 0. The van der Waals surface area contributed by atoms with E-state index < -0.39 is 5.91 Å². The van der Waals surface area contributed by atoms with Crippen LogP contribution < -0.4 is 10.6 Å². The summed E-state index contributed by atoms with van der Waals surface area (Å²) in [6.45, 7) is 1.14. The number of carbonyl (C=O) groups excluding carboxylic acids is 1. The summed E-state index contributed by atoms with van der Waals surface area (Å²) >= 11 is 1.51. The fourth-order valence-corrected chi connectivity index (χ4v) is 4.66. The highest BCUT2D eigenvalue weighted by molar-refractivity contribution is 7.16. The molecular weight excluding hydrogens is 384 g/mol. The first kappa shape index (κ1) is 20.5. The average Bonchev–Trinajstić information content (AvgIpc) is 3.11. The molecule has 0 unspecified atom stereocenters. The fraction of sp³-hybridized carbons (Fsp3) is 0.381. The Morgan fingerprint density at radius 2 is 1.72 bits per heavy atom. The van der Waals surface area contributed by atoms with Crippen molar-refractivity contribution in [2.24, 2.45) is 16.0 Å². The minimum Gasteiger partial charge on any atom is -0.369 e. The molecule has 0 saturated carbocycles. The second-order valence-corrected chi connectivity index (χ2v) is 7.86. The number of primary amides is 1. The maximum absolute atomic E-state index is 11.9. The number of hydrogen-bond acceptors (Lipinski definition) is 7. The highest BCUT2D eigenvalue weighted by atomic mass is 32.1. The standard InChI is InChI=1S/C21H22N6OS/c22-11-3-13-27(14-4-12-23)16-9-7-15(8-10-16)25-26-21-19(20(24)28)17-5-1-2-6-18(17)29-21/h7-10H,1-6,13-14H2,(H2,24,28). The number of fused-ring (bicyclic) bond motifs is 1. The molecule has 0 radical (unpaired) electrons. The van der Waals surface area contributed by atoms with Gasteiger partial charge in [0.25, 0.3) is 5.91 Å². The van der Waals surface area contributed by atoms with Gasteiger partial charge in [0.15, 0.2) is 5.00 Å². The summed E-state index contributed by atoms with van der Waals surface area (Å²) in [4.78, 5) is 15.1. The number of thiophene rings is 1. The molecule has 1 aliphatic rings. The van der Waals surface area contributed by atoms with Crippen LogP contribution in [0.1, 0.15) is 46.5 Å². The van der Waals surface area contributed by atoms with E-state index in [-0.39, 0.29) is 0 Å². The lowest BCUT2D eigenvalue weighted by Crippen LogP contribution is -2.25. The Kier molecular flexibility index (Phi) is 6.94. The van der Waals surface area contributed by atoms with Gasteiger partial charge in [0.1, 0.15) is 0 Å². The van der Waals surface area contributed by atoms with Crippen molar-refractivity contribution in [2.45, 2.75) is 38.5 Å². The summed E-state index contributed by atoms with van der Waals surface area (Å²) in [6, 6.07) is 11.7. The fourth-order valence-electron chi connectivity index (χ4n) is 3.45. The van der Waals surface area contributed by atoms with Gasteiger partial charge in [-0.1, -0.05) is 0 Å². The highest BCUT2D eigenvalue weighted by Crippen LogP contribution is 2.40. The molecule has 2 aromatic rings. The Balaban J connectivity index is 1.78. The van der Waals surface area contributed by atoms with E-state index >= 15 is 0 Å². The van der Waals surface area contributed by atoms with Gasteiger partial charge in [-0.05, 0) is 55.5 Å². The van der Waals surface area contributed by atoms with Crippen LogP contribution in [0, 0.1) is 22.7 Å². The lowest BCUT2D eigenvalue weighted by atomic mass is 9.95. The van der Waals surface area contributed by atoms with Gasteiger partial charge in [-0.3, -0.25) is 4.79 Å². The Labute approximate surface area is 174 Å². The zero-order chi connectivity index (χ0) is 20.6. The molecule has 7 nitrogen and oxygen atoms in total. The summed E-state index contributed by atoms with van der Waals surface area (Å²) in [5.74, 6) is -0.445. The minimum atomic E-state index is -0.445. The molecule has 3 rings (SSSR count). The molecule has 29 heavy (non-hydrogen) atoms. The zero-order valence-corrected chi connectivity index (χ0v) is 16.9. The second kappa shape index (κ2) is 9.81. The average molecular weight is 407 g/mol. The lowest BCUT2D eigenvalue weighted by molar-refractivity contribution is 0.1000. The van der Waals surface area contributed by atoms with Gasteiger partial charge in [-0.15, -0.1) is 21.6 Å². The third-order valence-electron chi connectivity index (χ3n) is 4.86. The summed E-state index contributed by atoms with van der Waals surface area (Å²) in [5.41, 5.74) is 8.76.